The molecule has 0 aliphatic rings. The number of carboxylic acid groups (broad SMARTS) is 1. The molecule has 0 aliphatic carbocycles. The van der Waals surface area contributed by atoms with Crippen LogP contribution in [-0.4, -0.2) is 69.0 Å². The lowest BCUT2D eigenvalue weighted by molar-refractivity contribution is -0.142. The van der Waals surface area contributed by atoms with Crippen molar-refractivity contribution >= 4 is 40.5 Å². The molecule has 3 aromatic rings. The SMILES string of the molecule is CC(C)C(NC(=O)C(N)Cc1c[nH]c2ccccc12)C(=O)NC(Cc1ccc(O)cc1)C(=O)NC(CCC(N)=O)C(=O)O. The lowest BCUT2D eigenvalue weighted by atomic mass is 9.99. The summed E-state index contributed by atoms with van der Waals surface area (Å²) in [7, 11) is 0. The van der Waals surface area contributed by atoms with Crippen LogP contribution in [0.15, 0.2) is 54.7 Å². The number of phenolic OH excluding ortho intramolecular Hbond substituents is 1. The van der Waals surface area contributed by atoms with Gasteiger partial charge in [-0.05, 0) is 48.1 Å². The fourth-order valence-electron chi connectivity index (χ4n) is 4.58. The summed E-state index contributed by atoms with van der Waals surface area (Å²) >= 11 is 0. The zero-order valence-corrected chi connectivity index (χ0v) is 24.0. The maximum Gasteiger partial charge on any atom is 0.326 e. The minimum absolute atomic E-state index is 0.00209. The molecule has 3 rings (SSSR count). The van der Waals surface area contributed by atoms with Gasteiger partial charge in [0.2, 0.25) is 23.6 Å². The molecule has 13 nitrogen and oxygen atoms in total. The first-order valence-corrected chi connectivity index (χ1v) is 13.9. The van der Waals surface area contributed by atoms with Gasteiger partial charge >= 0.3 is 5.97 Å². The summed E-state index contributed by atoms with van der Waals surface area (Å²) in [5.41, 5.74) is 13.7. The van der Waals surface area contributed by atoms with Gasteiger partial charge in [-0.1, -0.05) is 44.2 Å². The van der Waals surface area contributed by atoms with Crippen molar-refractivity contribution < 1.29 is 34.2 Å². The molecule has 10 N–H and O–H groups in total. The smallest absolute Gasteiger partial charge is 0.326 e. The van der Waals surface area contributed by atoms with E-state index in [4.69, 9.17) is 11.5 Å². The number of hydrogen-bond acceptors (Lipinski definition) is 7. The van der Waals surface area contributed by atoms with Gasteiger partial charge in [-0.15, -0.1) is 0 Å². The highest BCUT2D eigenvalue weighted by Crippen LogP contribution is 2.19. The summed E-state index contributed by atoms with van der Waals surface area (Å²) in [6.07, 6.45) is 1.43. The van der Waals surface area contributed by atoms with E-state index in [1.807, 2.05) is 24.3 Å². The third-order valence-corrected chi connectivity index (χ3v) is 7.00. The molecule has 0 saturated heterocycles. The van der Waals surface area contributed by atoms with Crippen LogP contribution in [-0.2, 0) is 36.8 Å². The first-order chi connectivity index (χ1) is 20.3. The monoisotopic (exact) mass is 594 g/mol. The molecule has 230 valence electrons. The number of para-hydroxylation sites is 1. The molecular formula is C30H38N6O7. The van der Waals surface area contributed by atoms with Gasteiger partial charge in [0.1, 0.15) is 23.9 Å². The molecule has 43 heavy (non-hydrogen) atoms. The molecule has 4 amide bonds. The summed E-state index contributed by atoms with van der Waals surface area (Å²) < 4.78 is 0. The summed E-state index contributed by atoms with van der Waals surface area (Å²) in [5.74, 6) is -4.56. The molecule has 2 aromatic carbocycles. The number of carboxylic acids is 1. The Kier molecular flexibility index (Phi) is 11.2. The predicted octanol–water partition coefficient (Wildman–Crippen LogP) is 0.447. The highest BCUT2D eigenvalue weighted by molar-refractivity contribution is 5.94. The Balaban J connectivity index is 1.75. The summed E-state index contributed by atoms with van der Waals surface area (Å²) in [5, 5.41) is 27.8. The van der Waals surface area contributed by atoms with Crippen molar-refractivity contribution in [2.75, 3.05) is 0 Å². The predicted molar refractivity (Wildman–Crippen MR) is 158 cm³/mol. The lowest BCUT2D eigenvalue weighted by Gasteiger charge is -2.27. The number of carbonyl (C=O) groups is 5. The Morgan fingerprint density at radius 2 is 1.51 bits per heavy atom. The van der Waals surface area contributed by atoms with Crippen molar-refractivity contribution in [2.24, 2.45) is 17.4 Å². The Morgan fingerprint density at radius 3 is 2.14 bits per heavy atom. The number of amides is 4. The van der Waals surface area contributed by atoms with E-state index < -0.39 is 59.7 Å². The number of rotatable bonds is 15. The minimum Gasteiger partial charge on any atom is -0.508 e. The zero-order chi connectivity index (χ0) is 31.7. The number of phenols is 1. The second-order valence-electron chi connectivity index (χ2n) is 10.7. The van der Waals surface area contributed by atoms with Crippen molar-refractivity contribution in [1.82, 2.24) is 20.9 Å². The number of benzene rings is 2. The van der Waals surface area contributed by atoms with Crippen LogP contribution in [0.25, 0.3) is 10.9 Å². The fourth-order valence-corrected chi connectivity index (χ4v) is 4.58. The van der Waals surface area contributed by atoms with Crippen molar-refractivity contribution in [3.63, 3.8) is 0 Å². The normalized spacial score (nSPS) is 14.0. The highest BCUT2D eigenvalue weighted by Gasteiger charge is 2.32. The number of aromatic nitrogens is 1. The van der Waals surface area contributed by atoms with Gasteiger partial charge in [0.15, 0.2) is 0 Å². The van der Waals surface area contributed by atoms with Crippen LogP contribution in [0.1, 0.15) is 37.8 Å². The van der Waals surface area contributed by atoms with E-state index in [0.29, 0.717) is 5.56 Å². The van der Waals surface area contributed by atoms with Crippen molar-refractivity contribution in [1.29, 1.82) is 0 Å². The number of aromatic hydroxyl groups is 1. The molecule has 13 heteroatoms. The number of aliphatic carboxylic acids is 1. The van der Waals surface area contributed by atoms with Gasteiger partial charge in [0, 0.05) is 29.9 Å². The third kappa shape index (κ3) is 9.30. The maximum absolute atomic E-state index is 13.5. The summed E-state index contributed by atoms with van der Waals surface area (Å²) in [6, 6.07) is 8.79. The Morgan fingerprint density at radius 1 is 0.860 bits per heavy atom. The number of primary amides is 1. The van der Waals surface area contributed by atoms with E-state index in [2.05, 4.69) is 20.9 Å². The van der Waals surface area contributed by atoms with E-state index in [1.165, 1.54) is 12.1 Å². The minimum atomic E-state index is -1.43. The molecule has 0 aliphatic heterocycles. The first-order valence-electron chi connectivity index (χ1n) is 13.9. The van der Waals surface area contributed by atoms with E-state index in [1.54, 1.807) is 32.2 Å². The standard InChI is InChI=1S/C30H38N6O7/c1-16(2)26(36-27(39)21(31)14-18-15-33-22-6-4-3-5-20(18)22)29(41)35-24(13-17-7-9-19(37)10-8-17)28(40)34-23(30(42)43)11-12-25(32)38/h3-10,15-16,21,23-24,26,33,37H,11-14,31H2,1-2H3,(H2,32,38)(H,34,40)(H,35,41)(H,36,39)(H,42,43). The number of fused-ring (bicyclic) bond motifs is 1. The van der Waals surface area contributed by atoms with Gasteiger partial charge in [-0.2, -0.15) is 0 Å². The molecular weight excluding hydrogens is 556 g/mol. The molecule has 1 heterocycles. The molecule has 1 aromatic heterocycles. The van der Waals surface area contributed by atoms with E-state index in [-0.39, 0.29) is 31.4 Å². The largest absolute Gasteiger partial charge is 0.508 e. The van der Waals surface area contributed by atoms with Crippen LogP contribution in [0, 0.1) is 5.92 Å². The molecule has 0 saturated carbocycles. The van der Waals surface area contributed by atoms with Gasteiger partial charge in [-0.3, -0.25) is 19.2 Å². The third-order valence-electron chi connectivity index (χ3n) is 7.00. The molecule has 4 unspecified atom stereocenters. The Bertz CT molecular complexity index is 1450. The van der Waals surface area contributed by atoms with Crippen LogP contribution in [0.3, 0.4) is 0 Å². The second kappa shape index (κ2) is 14.8. The molecule has 4 atom stereocenters. The quantitative estimate of drug-likeness (QED) is 0.123. The second-order valence-corrected chi connectivity index (χ2v) is 10.7. The van der Waals surface area contributed by atoms with Crippen molar-refractivity contribution in [3.8, 4) is 5.75 Å². The number of nitrogens with two attached hydrogens (primary N) is 2. The topological polar surface area (TPSA) is 230 Å². The van der Waals surface area contributed by atoms with E-state index in [0.717, 1.165) is 16.5 Å². The van der Waals surface area contributed by atoms with Gasteiger partial charge in [0.25, 0.3) is 0 Å². The average molecular weight is 595 g/mol. The number of carbonyl (C=O) groups excluding carboxylic acids is 4. The number of hydrogen-bond donors (Lipinski definition) is 8. The summed E-state index contributed by atoms with van der Waals surface area (Å²) in [6.45, 7) is 3.43. The van der Waals surface area contributed by atoms with Crippen LogP contribution < -0.4 is 27.4 Å². The van der Waals surface area contributed by atoms with Crippen molar-refractivity contribution in [3.05, 3.63) is 65.9 Å². The van der Waals surface area contributed by atoms with Crippen molar-refractivity contribution in [2.45, 2.75) is 63.7 Å². The highest BCUT2D eigenvalue weighted by atomic mass is 16.4. The summed E-state index contributed by atoms with van der Waals surface area (Å²) in [4.78, 5) is 65.8. The number of H-pyrrole nitrogens is 1. The van der Waals surface area contributed by atoms with Crippen LogP contribution >= 0.6 is 0 Å². The van der Waals surface area contributed by atoms with Gasteiger partial charge in [-0.25, -0.2) is 4.79 Å². The zero-order valence-electron chi connectivity index (χ0n) is 24.0. The Labute approximate surface area is 248 Å². The average Bonchev–Trinajstić information content (AvgIpc) is 3.36. The molecule has 0 radical (unpaired) electrons. The molecule has 0 bridgehead atoms. The fraction of sp³-hybridized carbons (Fsp3) is 0.367. The number of nitrogens with one attached hydrogen (secondary N) is 4. The molecule has 0 fully saturated rings. The van der Waals surface area contributed by atoms with Gasteiger partial charge in [0.05, 0.1) is 6.04 Å². The van der Waals surface area contributed by atoms with E-state index in [9.17, 15) is 34.2 Å². The Hall–Kier alpha value is -4.91. The van der Waals surface area contributed by atoms with Crippen LogP contribution in [0.4, 0.5) is 0 Å². The van der Waals surface area contributed by atoms with Crippen LogP contribution in [0.2, 0.25) is 0 Å². The lowest BCUT2D eigenvalue weighted by Crippen LogP contribution is -2.59. The van der Waals surface area contributed by atoms with Crippen LogP contribution in [0.5, 0.6) is 5.75 Å². The number of aromatic amines is 1. The molecule has 0 spiro atoms. The maximum atomic E-state index is 13.5. The van der Waals surface area contributed by atoms with E-state index >= 15 is 0 Å². The first kappa shape index (κ1) is 32.6. The van der Waals surface area contributed by atoms with Gasteiger partial charge < -0.3 is 42.6 Å².